The molecule has 0 spiro atoms. The molecule has 2 aliphatic heterocycles. The van der Waals surface area contributed by atoms with Gasteiger partial charge in [-0.2, -0.15) is 0 Å². The maximum Gasteiger partial charge on any atom is 0.246 e. The van der Waals surface area contributed by atoms with Crippen LogP contribution in [0.3, 0.4) is 0 Å². The van der Waals surface area contributed by atoms with Crippen LogP contribution in [-0.4, -0.2) is 27.9 Å². The first-order valence-corrected chi connectivity index (χ1v) is 10.6. The van der Waals surface area contributed by atoms with Gasteiger partial charge in [0.05, 0.1) is 0 Å². The highest BCUT2D eigenvalue weighted by Gasteiger charge is 2.58. The normalized spacial score (nSPS) is 40.7. The van der Waals surface area contributed by atoms with Crippen molar-refractivity contribution in [3.8, 4) is 0 Å². The zero-order chi connectivity index (χ0) is 18.6. The van der Waals surface area contributed by atoms with E-state index in [1.807, 2.05) is 18.5 Å². The number of aromatic nitrogens is 1. The van der Waals surface area contributed by atoms with Crippen molar-refractivity contribution in [1.29, 1.82) is 0 Å². The van der Waals surface area contributed by atoms with E-state index in [2.05, 4.69) is 48.0 Å². The number of allylic oxidation sites excluding steroid dienone is 3. The Morgan fingerprint density at radius 2 is 2.07 bits per heavy atom. The lowest BCUT2D eigenvalue weighted by Gasteiger charge is -2.59. The van der Waals surface area contributed by atoms with Crippen molar-refractivity contribution >= 4 is 11.5 Å². The third kappa shape index (κ3) is 2.40. The fourth-order valence-electron chi connectivity index (χ4n) is 7.06. The zero-order valence-electron chi connectivity index (χ0n) is 16.5. The number of hydrogen-bond acceptors (Lipinski definition) is 2. The largest absolute Gasteiger partial charge is 0.333 e. The van der Waals surface area contributed by atoms with E-state index in [0.29, 0.717) is 11.8 Å². The van der Waals surface area contributed by atoms with E-state index in [4.69, 9.17) is 0 Å². The number of fused-ring (bicyclic) bond motifs is 5. The Bertz CT molecular complexity index is 813. The van der Waals surface area contributed by atoms with Crippen molar-refractivity contribution in [2.45, 2.75) is 57.9 Å². The summed E-state index contributed by atoms with van der Waals surface area (Å²) < 4.78 is 0. The summed E-state index contributed by atoms with van der Waals surface area (Å²) in [5.74, 6) is 2.30. The Morgan fingerprint density at radius 3 is 2.89 bits per heavy atom. The number of amides is 1. The Kier molecular flexibility index (Phi) is 3.86. The molecule has 1 saturated heterocycles. The molecule has 3 heterocycles. The number of carbonyl (C=O) groups is 1. The first kappa shape index (κ1) is 17.2. The number of hydrogen-bond donors (Lipinski definition) is 0. The van der Waals surface area contributed by atoms with Crippen LogP contribution >= 0.6 is 0 Å². The predicted octanol–water partition coefficient (Wildman–Crippen LogP) is 4.86. The fraction of sp³-hybridized carbons (Fsp3) is 0.583. The Balaban J connectivity index is 1.47. The molecule has 5 rings (SSSR count). The van der Waals surface area contributed by atoms with Crippen molar-refractivity contribution < 1.29 is 4.79 Å². The van der Waals surface area contributed by atoms with Gasteiger partial charge in [-0.05, 0) is 91.9 Å². The fourth-order valence-corrected chi connectivity index (χ4v) is 7.06. The minimum atomic E-state index is 0.0296. The van der Waals surface area contributed by atoms with Crippen LogP contribution in [0.5, 0.6) is 0 Å². The average Bonchev–Trinajstić information content (AvgIpc) is 2.95. The molecule has 3 heteroatoms. The van der Waals surface area contributed by atoms with Gasteiger partial charge in [-0.15, -0.1) is 0 Å². The molecule has 4 aliphatic rings. The predicted molar refractivity (Wildman–Crippen MR) is 108 cm³/mol. The quantitative estimate of drug-likeness (QED) is 0.715. The monoisotopic (exact) mass is 362 g/mol. The van der Waals surface area contributed by atoms with Crippen LogP contribution in [-0.2, 0) is 4.79 Å². The molecule has 2 aliphatic carbocycles. The topological polar surface area (TPSA) is 33.2 Å². The van der Waals surface area contributed by atoms with Crippen LogP contribution in [0.25, 0.3) is 5.57 Å². The van der Waals surface area contributed by atoms with Crippen LogP contribution in [0, 0.1) is 23.2 Å². The number of carbonyl (C=O) groups excluding carboxylic acids is 1. The maximum absolute atomic E-state index is 12.7. The number of rotatable bonds is 1. The van der Waals surface area contributed by atoms with Gasteiger partial charge >= 0.3 is 0 Å². The molecular weight excluding hydrogens is 332 g/mol. The molecule has 1 amide bonds. The third-order valence-electron chi connectivity index (χ3n) is 8.44. The molecule has 0 N–H and O–H groups in total. The summed E-state index contributed by atoms with van der Waals surface area (Å²) in [6.07, 6.45) is 17.2. The smallest absolute Gasteiger partial charge is 0.246 e. The summed E-state index contributed by atoms with van der Waals surface area (Å²) in [6, 6.07) is 4.28. The van der Waals surface area contributed by atoms with E-state index in [0.717, 1.165) is 31.7 Å². The molecule has 0 bridgehead atoms. The van der Waals surface area contributed by atoms with Gasteiger partial charge < -0.3 is 4.90 Å². The summed E-state index contributed by atoms with van der Waals surface area (Å²) in [5, 5.41) is 0. The van der Waals surface area contributed by atoms with Gasteiger partial charge in [0.15, 0.2) is 0 Å². The molecule has 1 aromatic rings. The van der Waals surface area contributed by atoms with Gasteiger partial charge in [-0.1, -0.05) is 25.1 Å². The molecule has 3 nitrogen and oxygen atoms in total. The van der Waals surface area contributed by atoms with Crippen LogP contribution in [0.4, 0.5) is 0 Å². The van der Waals surface area contributed by atoms with E-state index >= 15 is 0 Å². The van der Waals surface area contributed by atoms with Crippen molar-refractivity contribution in [3.05, 3.63) is 48.3 Å². The molecule has 1 aromatic heterocycles. The summed E-state index contributed by atoms with van der Waals surface area (Å²) >= 11 is 0. The lowest BCUT2D eigenvalue weighted by Crippen LogP contribution is -2.62. The average molecular weight is 363 g/mol. The minimum absolute atomic E-state index is 0.0296. The van der Waals surface area contributed by atoms with Gasteiger partial charge in [0.2, 0.25) is 5.91 Å². The molecule has 5 atom stereocenters. The highest BCUT2D eigenvalue weighted by molar-refractivity contribution is 5.88. The van der Waals surface area contributed by atoms with E-state index in [9.17, 15) is 4.79 Å². The summed E-state index contributed by atoms with van der Waals surface area (Å²) in [7, 11) is 0. The van der Waals surface area contributed by atoms with Crippen LogP contribution in [0.15, 0.2) is 42.8 Å². The first-order valence-electron chi connectivity index (χ1n) is 10.6. The van der Waals surface area contributed by atoms with Crippen LogP contribution < -0.4 is 0 Å². The van der Waals surface area contributed by atoms with Crippen molar-refractivity contribution in [2.75, 3.05) is 6.54 Å². The molecule has 0 radical (unpaired) electrons. The second-order valence-electron chi connectivity index (χ2n) is 9.50. The highest BCUT2D eigenvalue weighted by Crippen LogP contribution is 2.63. The molecular formula is C24H30N2O. The number of piperidine rings is 1. The van der Waals surface area contributed by atoms with E-state index in [1.165, 1.54) is 30.4 Å². The van der Waals surface area contributed by atoms with Gasteiger partial charge in [-0.3, -0.25) is 9.78 Å². The number of nitrogens with zero attached hydrogens (tertiary/aromatic N) is 2. The zero-order valence-corrected chi connectivity index (χ0v) is 16.5. The van der Waals surface area contributed by atoms with Crippen LogP contribution in [0.2, 0.25) is 0 Å². The Morgan fingerprint density at radius 1 is 1.19 bits per heavy atom. The summed E-state index contributed by atoms with van der Waals surface area (Å²) in [5.41, 5.74) is 3.11. The maximum atomic E-state index is 12.7. The van der Waals surface area contributed by atoms with Gasteiger partial charge in [0, 0.05) is 24.5 Å². The molecule has 3 unspecified atom stereocenters. The van der Waals surface area contributed by atoms with E-state index in [-0.39, 0.29) is 16.9 Å². The molecule has 27 heavy (non-hydrogen) atoms. The molecule has 1 saturated carbocycles. The third-order valence-corrected chi connectivity index (χ3v) is 8.44. The van der Waals surface area contributed by atoms with E-state index < -0.39 is 0 Å². The van der Waals surface area contributed by atoms with Crippen LogP contribution in [0.1, 0.15) is 57.9 Å². The van der Waals surface area contributed by atoms with Gasteiger partial charge in [0.1, 0.15) is 0 Å². The highest BCUT2D eigenvalue weighted by atomic mass is 16.2. The minimum Gasteiger partial charge on any atom is -0.333 e. The summed E-state index contributed by atoms with van der Waals surface area (Å²) in [4.78, 5) is 19.3. The SMILES string of the molecule is C[C@]12CCC3C(CCN4C(=O)C=CCC[C@]34C)C1CC=C2c1cccnc1. The first-order chi connectivity index (χ1) is 13.0. The molecule has 142 valence electrons. The van der Waals surface area contributed by atoms with Crippen molar-refractivity contribution in [1.82, 2.24) is 9.88 Å². The second kappa shape index (κ2) is 6.05. The standard InChI is InChI=1S/C24H30N2O/c1-23-13-10-21-18(11-15-26-22(27)7-3-4-12-24(21,26)2)20(23)9-8-19(23)17-6-5-14-25-16-17/h3,5-8,14,16,18,20-21H,4,9-13,15H2,1-2H3/t18?,20?,21?,23-,24-/m1/s1. The Labute approximate surface area is 162 Å². The van der Waals surface area contributed by atoms with Crippen molar-refractivity contribution in [2.24, 2.45) is 23.2 Å². The van der Waals surface area contributed by atoms with Gasteiger partial charge in [-0.25, -0.2) is 0 Å². The lowest BCUT2D eigenvalue weighted by atomic mass is 9.52. The lowest BCUT2D eigenvalue weighted by molar-refractivity contribution is -0.146. The Hall–Kier alpha value is -1.90. The number of pyridine rings is 1. The second-order valence-corrected chi connectivity index (χ2v) is 9.50. The van der Waals surface area contributed by atoms with Gasteiger partial charge in [0.25, 0.3) is 0 Å². The van der Waals surface area contributed by atoms with Crippen molar-refractivity contribution in [3.63, 3.8) is 0 Å². The molecule has 2 fully saturated rings. The molecule has 0 aromatic carbocycles. The van der Waals surface area contributed by atoms with E-state index in [1.54, 1.807) is 0 Å². The summed E-state index contributed by atoms with van der Waals surface area (Å²) in [6.45, 7) is 5.80.